The molecule has 0 bridgehead atoms. The van der Waals surface area contributed by atoms with Gasteiger partial charge in [-0.25, -0.2) is 0 Å². The Morgan fingerprint density at radius 2 is 0.740 bits per heavy atom. The molecule has 4 aliphatic carbocycles. The number of hydrogen-bond donors (Lipinski definition) is 0. The van der Waals surface area contributed by atoms with E-state index in [0.29, 0.717) is 0 Å². The van der Waals surface area contributed by atoms with Gasteiger partial charge in [0, 0.05) is 33.1 Å². The number of hydrogen-bond acceptors (Lipinski definition) is 1. The lowest BCUT2D eigenvalue weighted by Gasteiger charge is -2.40. The largest absolute Gasteiger partial charge is 0.310 e. The predicted molar refractivity (Wildman–Crippen MR) is 300 cm³/mol. The molecule has 17 rings (SSSR count). The second-order valence-electron chi connectivity index (χ2n) is 21.4. The predicted octanol–water partition coefficient (Wildman–Crippen LogP) is 17.6. The summed E-state index contributed by atoms with van der Waals surface area (Å²) in [5.74, 6) is 0. The first-order valence-electron chi connectivity index (χ1n) is 25.8. The summed E-state index contributed by atoms with van der Waals surface area (Å²) in [7, 11) is 0. The van der Waals surface area contributed by atoms with Gasteiger partial charge in [0.15, 0.2) is 0 Å². The van der Waals surface area contributed by atoms with Crippen molar-refractivity contribution >= 4 is 38.9 Å². The quantitative estimate of drug-likeness (QED) is 0.171. The highest BCUT2D eigenvalue weighted by atomic mass is 15.1. The van der Waals surface area contributed by atoms with E-state index < -0.39 is 10.8 Å². The SMILES string of the molecule is CC1(C)c2ccccc2-c2ccc(N(c3ccc4c(c3)C3(c5ccccc5-c5ccccc53)c3cccc5c6ccccc6n-4c35)c3cccc4c3-c3ccccc3C43c4ccccc4-c4ccccc43)cc21. The number of rotatable bonds is 3. The molecule has 1 aromatic heterocycles. The lowest BCUT2D eigenvalue weighted by Crippen LogP contribution is -2.33. The third kappa shape index (κ3) is 4.59. The van der Waals surface area contributed by atoms with Gasteiger partial charge in [0.25, 0.3) is 0 Å². The average molecular weight is 927 g/mol. The van der Waals surface area contributed by atoms with Gasteiger partial charge in [-0.2, -0.15) is 0 Å². The zero-order valence-corrected chi connectivity index (χ0v) is 40.5. The van der Waals surface area contributed by atoms with Crippen molar-refractivity contribution in [3.63, 3.8) is 0 Å². The molecule has 2 heterocycles. The molecule has 73 heavy (non-hydrogen) atoms. The van der Waals surface area contributed by atoms with Crippen LogP contribution in [0.5, 0.6) is 0 Å². The summed E-state index contributed by atoms with van der Waals surface area (Å²) >= 11 is 0. The molecular formula is C71H46N2. The van der Waals surface area contributed by atoms with Gasteiger partial charge in [-0.3, -0.25) is 0 Å². The molecule has 2 spiro atoms. The molecule has 0 atom stereocenters. The smallest absolute Gasteiger partial charge is 0.0755 e. The third-order valence-electron chi connectivity index (χ3n) is 18.0. The van der Waals surface area contributed by atoms with Crippen LogP contribution in [-0.2, 0) is 16.2 Å². The highest BCUT2D eigenvalue weighted by molar-refractivity contribution is 6.13. The Morgan fingerprint density at radius 3 is 1.37 bits per heavy atom. The van der Waals surface area contributed by atoms with Crippen LogP contribution in [0.15, 0.2) is 243 Å². The summed E-state index contributed by atoms with van der Waals surface area (Å²) in [6.07, 6.45) is 0. The van der Waals surface area contributed by atoms with Gasteiger partial charge < -0.3 is 9.47 Å². The van der Waals surface area contributed by atoms with Crippen LogP contribution in [0.1, 0.15) is 69.5 Å². The molecule has 2 nitrogen and oxygen atoms in total. The second kappa shape index (κ2) is 13.7. The fourth-order valence-electron chi connectivity index (χ4n) is 15.3. The van der Waals surface area contributed by atoms with Gasteiger partial charge >= 0.3 is 0 Å². The minimum absolute atomic E-state index is 0.193. The lowest BCUT2D eigenvalue weighted by atomic mass is 9.65. The van der Waals surface area contributed by atoms with E-state index in [0.717, 1.165) is 11.4 Å². The molecule has 0 saturated heterocycles. The first-order chi connectivity index (χ1) is 36.0. The number of anilines is 3. The highest BCUT2D eigenvalue weighted by Gasteiger charge is 2.54. The monoisotopic (exact) mass is 926 g/mol. The van der Waals surface area contributed by atoms with E-state index in [1.807, 2.05) is 0 Å². The van der Waals surface area contributed by atoms with Crippen molar-refractivity contribution < 1.29 is 0 Å². The highest BCUT2D eigenvalue weighted by Crippen LogP contribution is 2.66. The van der Waals surface area contributed by atoms with E-state index in [1.54, 1.807) is 0 Å². The van der Waals surface area contributed by atoms with Crippen molar-refractivity contribution in [1.82, 2.24) is 4.57 Å². The van der Waals surface area contributed by atoms with E-state index in [9.17, 15) is 0 Å². The summed E-state index contributed by atoms with van der Waals surface area (Å²) in [6.45, 7) is 4.80. The van der Waals surface area contributed by atoms with E-state index in [2.05, 4.69) is 266 Å². The molecule has 0 radical (unpaired) electrons. The summed E-state index contributed by atoms with van der Waals surface area (Å²) in [6, 6.07) is 92.9. The molecule has 0 unspecified atom stereocenters. The van der Waals surface area contributed by atoms with Gasteiger partial charge in [0.1, 0.15) is 0 Å². The van der Waals surface area contributed by atoms with Crippen LogP contribution in [0, 0.1) is 0 Å². The zero-order valence-electron chi connectivity index (χ0n) is 40.5. The molecule has 0 amide bonds. The molecule has 11 aromatic carbocycles. The maximum atomic E-state index is 2.62. The third-order valence-corrected chi connectivity index (χ3v) is 18.0. The van der Waals surface area contributed by atoms with Crippen molar-refractivity contribution in [2.75, 3.05) is 4.90 Å². The molecule has 340 valence electrons. The molecule has 12 aromatic rings. The van der Waals surface area contributed by atoms with Crippen molar-refractivity contribution in [1.29, 1.82) is 0 Å². The Kier molecular flexibility index (Phi) is 7.45. The molecule has 1 aliphatic heterocycles. The van der Waals surface area contributed by atoms with Crippen LogP contribution in [0.4, 0.5) is 17.1 Å². The van der Waals surface area contributed by atoms with Crippen LogP contribution in [0.2, 0.25) is 0 Å². The Morgan fingerprint density at radius 1 is 0.315 bits per heavy atom. The molecule has 0 fully saturated rings. The van der Waals surface area contributed by atoms with Crippen molar-refractivity contribution in [3.05, 3.63) is 298 Å². The Bertz CT molecular complexity index is 4350. The van der Waals surface area contributed by atoms with Gasteiger partial charge in [-0.05, 0) is 137 Å². The standard InChI is InChI=1S/C71H46N2/c1-69(2)54-27-10-3-19-45(54)50-39-37-43(41-62(50)69)72(66-36-18-33-60-67(66)53-25-8-15-32-59(53)70(60)55-28-11-4-20-46(55)47-21-5-12-29-56(47)70)44-38-40-65-63(42-44)71(57-30-13-6-22-48(57)49-23-7-14-31-58(49)71)61-34-17-26-52-51-24-9-16-35-64(51)73(65)68(52)61/h3-42H,1-2H3. The summed E-state index contributed by atoms with van der Waals surface area (Å²) in [5.41, 5.74) is 29.7. The molecule has 5 aliphatic rings. The fraction of sp³-hybridized carbons (Fsp3) is 0.0704. The van der Waals surface area contributed by atoms with Crippen LogP contribution < -0.4 is 4.90 Å². The van der Waals surface area contributed by atoms with Crippen LogP contribution >= 0.6 is 0 Å². The number of para-hydroxylation sites is 2. The molecule has 2 heteroatoms. The Balaban J connectivity index is 1.00. The number of aromatic nitrogens is 1. The normalized spacial score (nSPS) is 15.3. The molecule has 0 saturated carbocycles. The van der Waals surface area contributed by atoms with Gasteiger partial charge in [0.2, 0.25) is 0 Å². The molecular weight excluding hydrogens is 881 g/mol. The van der Waals surface area contributed by atoms with E-state index >= 15 is 0 Å². The minimum Gasteiger partial charge on any atom is -0.310 e. The molecule has 0 N–H and O–H groups in total. The number of benzene rings is 11. The zero-order chi connectivity index (χ0) is 48.0. The average Bonchev–Trinajstić information content (AvgIpc) is 4.19. The van der Waals surface area contributed by atoms with Crippen molar-refractivity contribution in [2.45, 2.75) is 30.1 Å². The van der Waals surface area contributed by atoms with Gasteiger partial charge in [-0.15, -0.1) is 0 Å². The summed E-state index contributed by atoms with van der Waals surface area (Å²) in [4.78, 5) is 2.62. The van der Waals surface area contributed by atoms with Crippen molar-refractivity contribution in [2.24, 2.45) is 0 Å². The van der Waals surface area contributed by atoms with Crippen LogP contribution in [0.3, 0.4) is 0 Å². The summed E-state index contributed by atoms with van der Waals surface area (Å²) in [5, 5.41) is 2.56. The van der Waals surface area contributed by atoms with E-state index in [4.69, 9.17) is 0 Å². The first kappa shape index (κ1) is 39.7. The Hall–Kier alpha value is -8.98. The van der Waals surface area contributed by atoms with Crippen molar-refractivity contribution in [3.8, 4) is 50.2 Å². The maximum Gasteiger partial charge on any atom is 0.0755 e. The number of nitrogens with zero attached hydrogens (tertiary/aromatic N) is 2. The van der Waals surface area contributed by atoms with Crippen LogP contribution in [0.25, 0.3) is 72.0 Å². The summed E-state index contributed by atoms with van der Waals surface area (Å²) < 4.78 is 2.57. The minimum atomic E-state index is -0.595. The first-order valence-corrected chi connectivity index (χ1v) is 25.8. The van der Waals surface area contributed by atoms with Gasteiger partial charge in [-0.1, -0.05) is 214 Å². The fourth-order valence-corrected chi connectivity index (χ4v) is 15.3. The lowest BCUT2D eigenvalue weighted by molar-refractivity contribution is 0.660. The maximum absolute atomic E-state index is 2.62. The number of fused-ring (bicyclic) bond motifs is 25. The van der Waals surface area contributed by atoms with E-state index in [1.165, 1.54) is 133 Å². The van der Waals surface area contributed by atoms with E-state index in [-0.39, 0.29) is 5.41 Å². The Labute approximate surface area is 424 Å². The van der Waals surface area contributed by atoms with Gasteiger partial charge in [0.05, 0.1) is 33.2 Å². The second-order valence-corrected chi connectivity index (χ2v) is 21.4. The topological polar surface area (TPSA) is 8.17 Å². The van der Waals surface area contributed by atoms with Crippen LogP contribution in [-0.4, -0.2) is 4.57 Å².